The van der Waals surface area contributed by atoms with Crippen molar-refractivity contribution in [2.45, 2.75) is 18.7 Å². The summed E-state index contributed by atoms with van der Waals surface area (Å²) in [5.41, 5.74) is 1.78. The molecular formula is C18H17N5O3S. The molecule has 2 heterocycles. The van der Waals surface area contributed by atoms with Crippen LogP contribution < -0.4 is 9.46 Å². The van der Waals surface area contributed by atoms with Gasteiger partial charge in [0.25, 0.3) is 10.0 Å². The van der Waals surface area contributed by atoms with Crippen LogP contribution in [0.15, 0.2) is 47.6 Å². The second kappa shape index (κ2) is 7.09. The van der Waals surface area contributed by atoms with E-state index in [1.165, 1.54) is 24.1 Å². The van der Waals surface area contributed by atoms with Gasteiger partial charge in [0.1, 0.15) is 22.3 Å². The monoisotopic (exact) mass is 383 g/mol. The van der Waals surface area contributed by atoms with E-state index in [0.29, 0.717) is 5.82 Å². The van der Waals surface area contributed by atoms with Gasteiger partial charge in [-0.2, -0.15) is 15.0 Å². The number of rotatable bonds is 5. The molecule has 138 valence electrons. The Morgan fingerprint density at radius 1 is 1.22 bits per heavy atom. The van der Waals surface area contributed by atoms with Gasteiger partial charge in [-0.25, -0.2) is 13.4 Å². The Bertz CT molecular complexity index is 1130. The molecule has 1 aromatic carbocycles. The van der Waals surface area contributed by atoms with Crippen LogP contribution in [0.1, 0.15) is 16.7 Å². The van der Waals surface area contributed by atoms with Crippen LogP contribution in [0.3, 0.4) is 0 Å². The number of pyridine rings is 1. The van der Waals surface area contributed by atoms with Crippen LogP contribution in [-0.4, -0.2) is 30.3 Å². The van der Waals surface area contributed by atoms with Crippen molar-refractivity contribution >= 4 is 15.8 Å². The van der Waals surface area contributed by atoms with E-state index < -0.39 is 10.0 Å². The van der Waals surface area contributed by atoms with Crippen LogP contribution in [0.2, 0.25) is 0 Å². The Labute approximate surface area is 157 Å². The summed E-state index contributed by atoms with van der Waals surface area (Å²) in [4.78, 5) is 4.13. The van der Waals surface area contributed by atoms with Crippen molar-refractivity contribution in [2.24, 2.45) is 0 Å². The Hall–Kier alpha value is -3.38. The van der Waals surface area contributed by atoms with Crippen LogP contribution in [0.25, 0.3) is 5.82 Å². The average Bonchev–Trinajstić information content (AvgIpc) is 3.06. The highest BCUT2D eigenvalue weighted by Crippen LogP contribution is 2.30. The maximum atomic E-state index is 13.0. The molecule has 1 N–H and O–H groups in total. The summed E-state index contributed by atoms with van der Waals surface area (Å²) in [5, 5.41) is 13.4. The fraction of sp³-hybridized carbons (Fsp3) is 0.167. The summed E-state index contributed by atoms with van der Waals surface area (Å²) in [6.45, 7) is 3.68. The summed E-state index contributed by atoms with van der Waals surface area (Å²) in [7, 11) is -2.64. The third kappa shape index (κ3) is 3.47. The maximum Gasteiger partial charge on any atom is 0.266 e. The molecule has 0 saturated carbocycles. The molecule has 0 aliphatic heterocycles. The van der Waals surface area contributed by atoms with Gasteiger partial charge >= 0.3 is 0 Å². The van der Waals surface area contributed by atoms with E-state index in [2.05, 4.69) is 14.8 Å². The molecule has 0 spiro atoms. The first-order valence-electron chi connectivity index (χ1n) is 7.95. The Morgan fingerprint density at radius 3 is 2.59 bits per heavy atom. The minimum absolute atomic E-state index is 0.0106. The normalized spacial score (nSPS) is 11.0. The lowest BCUT2D eigenvalue weighted by Crippen LogP contribution is -2.18. The Kier molecular flexibility index (Phi) is 4.83. The highest BCUT2D eigenvalue weighted by atomic mass is 32.2. The number of aryl methyl sites for hydroxylation is 2. The predicted octanol–water partition coefficient (Wildman–Crippen LogP) is 2.57. The number of anilines is 1. The minimum Gasteiger partial charge on any atom is -0.495 e. The van der Waals surface area contributed by atoms with Gasteiger partial charge in [-0.3, -0.25) is 4.72 Å². The summed E-state index contributed by atoms with van der Waals surface area (Å²) in [6, 6.07) is 10.2. The summed E-state index contributed by atoms with van der Waals surface area (Å²) in [6.07, 6.45) is 2.83. The first-order valence-corrected chi connectivity index (χ1v) is 9.43. The Balaban J connectivity index is 2.12. The van der Waals surface area contributed by atoms with Gasteiger partial charge in [-0.15, -0.1) is 0 Å². The zero-order valence-corrected chi connectivity index (χ0v) is 15.8. The highest BCUT2D eigenvalue weighted by Gasteiger charge is 2.25. The minimum atomic E-state index is -4.04. The molecule has 0 bridgehead atoms. The predicted molar refractivity (Wildman–Crippen MR) is 99.4 cm³/mol. The number of hydrogen-bond acceptors (Lipinski definition) is 6. The van der Waals surface area contributed by atoms with Crippen molar-refractivity contribution in [3.63, 3.8) is 0 Å². The lowest BCUT2D eigenvalue weighted by molar-refractivity contribution is 0.402. The van der Waals surface area contributed by atoms with Crippen LogP contribution >= 0.6 is 0 Å². The van der Waals surface area contributed by atoms with Gasteiger partial charge in [0.05, 0.1) is 13.3 Å². The molecule has 3 rings (SSSR count). The average molecular weight is 383 g/mol. The molecule has 0 fully saturated rings. The fourth-order valence-electron chi connectivity index (χ4n) is 2.50. The van der Waals surface area contributed by atoms with Crippen molar-refractivity contribution < 1.29 is 13.2 Å². The molecule has 0 aliphatic carbocycles. The molecule has 9 heteroatoms. The van der Waals surface area contributed by atoms with Crippen LogP contribution in [0, 0.1) is 25.2 Å². The van der Waals surface area contributed by atoms with Crippen LogP contribution in [0.5, 0.6) is 5.75 Å². The topological polar surface area (TPSA) is 110 Å². The third-order valence-corrected chi connectivity index (χ3v) is 5.42. The number of ether oxygens (including phenoxy) is 1. The Morgan fingerprint density at radius 2 is 1.96 bits per heavy atom. The second-order valence-electron chi connectivity index (χ2n) is 5.81. The first kappa shape index (κ1) is 18.4. The van der Waals surface area contributed by atoms with Crippen molar-refractivity contribution in [3.05, 3.63) is 59.4 Å². The molecule has 2 aromatic heterocycles. The number of benzene rings is 1. The number of hydrogen-bond donors (Lipinski definition) is 1. The quantitative estimate of drug-likeness (QED) is 0.725. The van der Waals surface area contributed by atoms with E-state index in [9.17, 15) is 13.7 Å². The first-order chi connectivity index (χ1) is 12.9. The summed E-state index contributed by atoms with van der Waals surface area (Å²) >= 11 is 0. The van der Waals surface area contributed by atoms with E-state index >= 15 is 0 Å². The van der Waals surface area contributed by atoms with Gasteiger partial charge in [-0.05, 0) is 49.2 Å². The second-order valence-corrected chi connectivity index (χ2v) is 7.46. The molecule has 8 nitrogen and oxygen atoms in total. The summed E-state index contributed by atoms with van der Waals surface area (Å²) in [5.74, 6) is 0.605. The molecule has 3 aromatic rings. The van der Waals surface area contributed by atoms with Crippen molar-refractivity contribution in [1.29, 1.82) is 5.26 Å². The smallest absolute Gasteiger partial charge is 0.266 e. The third-order valence-electron chi connectivity index (χ3n) is 4.06. The van der Waals surface area contributed by atoms with E-state index in [1.54, 1.807) is 30.5 Å². The maximum absolute atomic E-state index is 13.0. The van der Waals surface area contributed by atoms with Gasteiger partial charge < -0.3 is 4.74 Å². The van der Waals surface area contributed by atoms with E-state index in [-0.39, 0.29) is 22.0 Å². The molecule has 0 amide bonds. The van der Waals surface area contributed by atoms with Crippen molar-refractivity contribution in [2.75, 3.05) is 11.8 Å². The van der Waals surface area contributed by atoms with Gasteiger partial charge in [0, 0.05) is 6.20 Å². The van der Waals surface area contributed by atoms with Gasteiger partial charge in [0.15, 0.2) is 11.6 Å². The highest BCUT2D eigenvalue weighted by molar-refractivity contribution is 7.92. The molecule has 27 heavy (non-hydrogen) atoms. The largest absolute Gasteiger partial charge is 0.495 e. The summed E-state index contributed by atoms with van der Waals surface area (Å²) < 4.78 is 35.0. The number of aromatic nitrogens is 3. The van der Waals surface area contributed by atoms with Crippen molar-refractivity contribution in [1.82, 2.24) is 14.8 Å². The number of nitrogens with one attached hydrogen (secondary N) is 1. The molecule has 0 aliphatic rings. The van der Waals surface area contributed by atoms with E-state index in [0.717, 1.165) is 11.1 Å². The van der Waals surface area contributed by atoms with Gasteiger partial charge in [0.2, 0.25) is 0 Å². The number of nitrogens with zero attached hydrogens (tertiary/aromatic N) is 4. The molecule has 0 radical (unpaired) electrons. The van der Waals surface area contributed by atoms with E-state index in [1.807, 2.05) is 19.9 Å². The lowest BCUT2D eigenvalue weighted by atomic mass is 10.1. The van der Waals surface area contributed by atoms with Crippen LogP contribution in [0.4, 0.5) is 5.82 Å². The molecule has 0 unspecified atom stereocenters. The standard InChI is InChI=1S/C18H17N5O3S/c1-12-8-15(26-3)16(9-13(12)2)27(24,25)22-18-14(10-19)11-21-23(18)17-6-4-5-7-20-17/h4-9,11,22H,1-3H3. The molecular weight excluding hydrogens is 366 g/mol. The zero-order valence-electron chi connectivity index (χ0n) is 15.0. The van der Waals surface area contributed by atoms with Gasteiger partial charge in [-0.1, -0.05) is 6.07 Å². The number of nitriles is 1. The molecule has 0 saturated heterocycles. The molecule has 0 atom stereocenters. The number of methoxy groups -OCH3 is 1. The van der Waals surface area contributed by atoms with Crippen LogP contribution in [-0.2, 0) is 10.0 Å². The SMILES string of the molecule is COc1cc(C)c(C)cc1S(=O)(=O)Nc1c(C#N)cnn1-c1ccccn1. The lowest BCUT2D eigenvalue weighted by Gasteiger charge is -2.14. The van der Waals surface area contributed by atoms with E-state index in [4.69, 9.17) is 4.74 Å². The van der Waals surface area contributed by atoms with Crippen molar-refractivity contribution in [3.8, 4) is 17.6 Å². The fourth-order valence-corrected chi connectivity index (χ4v) is 3.80. The number of sulfonamides is 1. The zero-order chi connectivity index (χ0) is 19.6.